The first kappa shape index (κ1) is 14.8. The third-order valence-corrected chi connectivity index (χ3v) is 3.90. The Kier molecular flexibility index (Phi) is 5.40. The third kappa shape index (κ3) is 3.72. The molecule has 3 N–H and O–H groups in total. The first-order valence-electron chi connectivity index (χ1n) is 7.34. The Balaban J connectivity index is 1.76. The smallest absolute Gasteiger partial charge is 0.242 e. The molecular weight excluding hydrogens is 254 g/mol. The normalized spacial score (nSPS) is 19.8. The number of nitrogen functional groups attached to an aromatic ring is 1. The summed E-state index contributed by atoms with van der Waals surface area (Å²) >= 11 is 0. The second kappa shape index (κ2) is 7.28. The number of nitrogens with two attached hydrogens (primary N) is 1. The van der Waals surface area contributed by atoms with Gasteiger partial charge in [0, 0.05) is 19.1 Å². The number of hydrogen-bond donors (Lipinski definition) is 2. The van der Waals surface area contributed by atoms with Gasteiger partial charge >= 0.3 is 0 Å². The molecular formula is C14H25N5O. The molecule has 0 aromatic carbocycles. The van der Waals surface area contributed by atoms with Gasteiger partial charge in [-0.25, -0.2) is 4.98 Å². The van der Waals surface area contributed by atoms with Crippen molar-refractivity contribution in [3.8, 4) is 5.88 Å². The minimum atomic E-state index is 0.423. The number of hydrogen-bond acceptors (Lipinski definition) is 6. The van der Waals surface area contributed by atoms with Crippen LogP contribution in [0.15, 0.2) is 6.33 Å². The summed E-state index contributed by atoms with van der Waals surface area (Å²) in [5.41, 5.74) is 6.39. The molecule has 0 bridgehead atoms. The SMILES string of the molecule is COc1ncnc(NCCCN2CCCCC2C)c1N. The molecule has 0 amide bonds. The molecule has 0 aliphatic carbocycles. The highest BCUT2D eigenvalue weighted by Gasteiger charge is 2.17. The molecule has 20 heavy (non-hydrogen) atoms. The molecule has 6 nitrogen and oxygen atoms in total. The molecule has 1 fully saturated rings. The van der Waals surface area contributed by atoms with Crippen LogP contribution in [-0.2, 0) is 0 Å². The van der Waals surface area contributed by atoms with Crippen molar-refractivity contribution in [2.24, 2.45) is 0 Å². The van der Waals surface area contributed by atoms with Crippen molar-refractivity contribution in [2.75, 3.05) is 37.8 Å². The van der Waals surface area contributed by atoms with Crippen LogP contribution in [0.25, 0.3) is 0 Å². The number of ether oxygens (including phenoxy) is 1. The molecule has 112 valence electrons. The van der Waals surface area contributed by atoms with E-state index in [1.807, 2.05) is 0 Å². The van der Waals surface area contributed by atoms with E-state index in [4.69, 9.17) is 10.5 Å². The molecule has 1 aromatic heterocycles. The van der Waals surface area contributed by atoms with Gasteiger partial charge in [-0.3, -0.25) is 0 Å². The van der Waals surface area contributed by atoms with Crippen molar-refractivity contribution < 1.29 is 4.74 Å². The average Bonchev–Trinajstić information content (AvgIpc) is 2.47. The summed E-state index contributed by atoms with van der Waals surface area (Å²) in [5.74, 6) is 1.08. The number of likely N-dealkylation sites (tertiary alicyclic amines) is 1. The van der Waals surface area contributed by atoms with E-state index in [0.29, 0.717) is 23.4 Å². The summed E-state index contributed by atoms with van der Waals surface area (Å²) in [6.45, 7) is 5.52. The van der Waals surface area contributed by atoms with Crippen molar-refractivity contribution in [2.45, 2.75) is 38.6 Å². The van der Waals surface area contributed by atoms with Crippen LogP contribution in [0.3, 0.4) is 0 Å². The van der Waals surface area contributed by atoms with Crippen molar-refractivity contribution in [1.29, 1.82) is 0 Å². The van der Waals surface area contributed by atoms with Crippen LogP contribution in [0.5, 0.6) is 5.88 Å². The van der Waals surface area contributed by atoms with Crippen LogP contribution in [0, 0.1) is 0 Å². The van der Waals surface area contributed by atoms with Gasteiger partial charge < -0.3 is 20.7 Å². The first-order chi connectivity index (χ1) is 9.72. The highest BCUT2D eigenvalue weighted by molar-refractivity contribution is 5.66. The maximum absolute atomic E-state index is 5.92. The van der Waals surface area contributed by atoms with E-state index in [2.05, 4.69) is 27.1 Å². The van der Waals surface area contributed by atoms with Crippen molar-refractivity contribution in [3.63, 3.8) is 0 Å². The molecule has 0 saturated carbocycles. The van der Waals surface area contributed by atoms with Gasteiger partial charge in [-0.1, -0.05) is 6.42 Å². The zero-order valence-electron chi connectivity index (χ0n) is 12.4. The molecule has 2 heterocycles. The molecule has 1 aliphatic rings. The first-order valence-corrected chi connectivity index (χ1v) is 7.34. The topological polar surface area (TPSA) is 76.3 Å². The zero-order valence-corrected chi connectivity index (χ0v) is 12.4. The number of rotatable bonds is 6. The highest BCUT2D eigenvalue weighted by atomic mass is 16.5. The lowest BCUT2D eigenvalue weighted by Gasteiger charge is -2.33. The van der Waals surface area contributed by atoms with Crippen LogP contribution in [0.4, 0.5) is 11.5 Å². The summed E-state index contributed by atoms with van der Waals surface area (Å²) in [7, 11) is 1.56. The Labute approximate surface area is 120 Å². The predicted molar refractivity (Wildman–Crippen MR) is 81.0 cm³/mol. The van der Waals surface area contributed by atoms with E-state index in [9.17, 15) is 0 Å². The summed E-state index contributed by atoms with van der Waals surface area (Å²) in [6.07, 6.45) is 6.56. The molecule has 0 spiro atoms. The summed E-state index contributed by atoms with van der Waals surface area (Å²) in [5, 5.41) is 3.26. The van der Waals surface area contributed by atoms with Gasteiger partial charge in [-0.2, -0.15) is 4.98 Å². The van der Waals surface area contributed by atoms with Gasteiger partial charge in [0.1, 0.15) is 12.0 Å². The summed E-state index contributed by atoms with van der Waals surface area (Å²) < 4.78 is 5.08. The Bertz CT molecular complexity index is 426. The summed E-state index contributed by atoms with van der Waals surface area (Å²) in [4.78, 5) is 10.7. The number of piperidine rings is 1. The zero-order chi connectivity index (χ0) is 14.4. The Morgan fingerprint density at radius 1 is 1.45 bits per heavy atom. The molecule has 1 aromatic rings. The fourth-order valence-electron chi connectivity index (χ4n) is 2.66. The fraction of sp³-hybridized carbons (Fsp3) is 0.714. The Hall–Kier alpha value is -1.56. The van der Waals surface area contributed by atoms with Crippen molar-refractivity contribution >= 4 is 11.5 Å². The Morgan fingerprint density at radius 2 is 2.30 bits per heavy atom. The fourth-order valence-corrected chi connectivity index (χ4v) is 2.66. The number of aromatic nitrogens is 2. The predicted octanol–water partition coefficient (Wildman–Crippen LogP) is 1.74. The van der Waals surface area contributed by atoms with Gasteiger partial charge in [0.25, 0.3) is 0 Å². The van der Waals surface area contributed by atoms with Crippen LogP contribution in [-0.4, -0.2) is 47.7 Å². The minimum absolute atomic E-state index is 0.423. The number of methoxy groups -OCH3 is 1. The highest BCUT2D eigenvalue weighted by Crippen LogP contribution is 2.23. The monoisotopic (exact) mass is 279 g/mol. The lowest BCUT2D eigenvalue weighted by molar-refractivity contribution is 0.160. The van der Waals surface area contributed by atoms with Gasteiger partial charge in [0.2, 0.25) is 5.88 Å². The van der Waals surface area contributed by atoms with Gasteiger partial charge in [0.05, 0.1) is 7.11 Å². The van der Waals surface area contributed by atoms with Crippen LogP contribution >= 0.6 is 0 Å². The van der Waals surface area contributed by atoms with Crippen LogP contribution in [0.1, 0.15) is 32.6 Å². The molecule has 2 rings (SSSR count). The van der Waals surface area contributed by atoms with E-state index in [0.717, 1.165) is 19.5 Å². The van der Waals surface area contributed by atoms with E-state index in [1.165, 1.54) is 32.1 Å². The second-order valence-electron chi connectivity index (χ2n) is 5.31. The molecule has 6 heteroatoms. The lowest BCUT2D eigenvalue weighted by Crippen LogP contribution is -2.38. The molecule has 0 radical (unpaired) electrons. The summed E-state index contributed by atoms with van der Waals surface area (Å²) in [6, 6.07) is 0.716. The molecule has 1 atom stereocenters. The molecule has 1 aliphatic heterocycles. The number of nitrogens with one attached hydrogen (secondary N) is 1. The Morgan fingerprint density at radius 3 is 3.05 bits per heavy atom. The molecule has 1 unspecified atom stereocenters. The number of anilines is 2. The van der Waals surface area contributed by atoms with Crippen molar-refractivity contribution in [1.82, 2.24) is 14.9 Å². The van der Waals surface area contributed by atoms with Crippen LogP contribution in [0.2, 0.25) is 0 Å². The minimum Gasteiger partial charge on any atom is -0.479 e. The van der Waals surface area contributed by atoms with E-state index >= 15 is 0 Å². The van der Waals surface area contributed by atoms with Gasteiger partial charge in [0.15, 0.2) is 5.82 Å². The largest absolute Gasteiger partial charge is 0.479 e. The van der Waals surface area contributed by atoms with E-state index in [-0.39, 0.29) is 0 Å². The number of nitrogens with zero attached hydrogens (tertiary/aromatic N) is 3. The van der Waals surface area contributed by atoms with Crippen molar-refractivity contribution in [3.05, 3.63) is 6.33 Å². The maximum atomic E-state index is 5.92. The van der Waals surface area contributed by atoms with Gasteiger partial charge in [-0.15, -0.1) is 0 Å². The lowest BCUT2D eigenvalue weighted by atomic mass is 10.0. The third-order valence-electron chi connectivity index (χ3n) is 3.90. The molecule has 1 saturated heterocycles. The van der Waals surface area contributed by atoms with E-state index < -0.39 is 0 Å². The van der Waals surface area contributed by atoms with E-state index in [1.54, 1.807) is 7.11 Å². The van der Waals surface area contributed by atoms with Crippen LogP contribution < -0.4 is 15.8 Å². The van der Waals surface area contributed by atoms with Gasteiger partial charge in [-0.05, 0) is 32.7 Å². The second-order valence-corrected chi connectivity index (χ2v) is 5.31. The maximum Gasteiger partial charge on any atom is 0.242 e. The average molecular weight is 279 g/mol. The standard InChI is InChI=1S/C14H25N5O/c1-11-6-3-4-8-19(11)9-5-7-16-13-12(15)14(20-2)18-10-17-13/h10-11H,3-9,15H2,1-2H3,(H,16,17,18). The quantitative estimate of drug-likeness (QED) is 0.773.